The molecule has 1 heterocycles. The Kier molecular flexibility index (Phi) is 4.50. The normalized spacial score (nSPS) is 10.9. The first-order valence-electron chi connectivity index (χ1n) is 8.35. The van der Waals surface area contributed by atoms with Crippen LogP contribution in [0.15, 0.2) is 84.9 Å². The molecule has 0 aliphatic carbocycles. The van der Waals surface area contributed by atoms with E-state index < -0.39 is 0 Å². The number of benzene rings is 3. The van der Waals surface area contributed by atoms with Crippen molar-refractivity contribution in [1.29, 1.82) is 0 Å². The number of aromatic nitrogens is 1. The zero-order valence-electron chi connectivity index (χ0n) is 14.0. The van der Waals surface area contributed by atoms with E-state index in [0.29, 0.717) is 11.3 Å². The molecule has 0 spiro atoms. The molecule has 3 nitrogen and oxygen atoms in total. The molecule has 0 aliphatic rings. The second kappa shape index (κ2) is 7.10. The van der Waals surface area contributed by atoms with Crippen LogP contribution in [0.3, 0.4) is 0 Å². The van der Waals surface area contributed by atoms with Gasteiger partial charge in [-0.25, -0.2) is 0 Å². The van der Waals surface area contributed by atoms with Gasteiger partial charge in [0.2, 0.25) is 5.12 Å². The molecule has 4 rings (SSSR count). The van der Waals surface area contributed by atoms with Gasteiger partial charge in [-0.15, -0.1) is 0 Å². The maximum atomic E-state index is 12.5. The highest BCUT2D eigenvalue weighted by atomic mass is 32.2. The molecule has 0 aliphatic heterocycles. The summed E-state index contributed by atoms with van der Waals surface area (Å²) in [7, 11) is 0. The Morgan fingerprint density at radius 3 is 2.19 bits per heavy atom. The minimum atomic E-state index is 0.0272. The minimum absolute atomic E-state index is 0.0272. The second-order valence-corrected chi connectivity index (χ2v) is 6.91. The van der Waals surface area contributed by atoms with Crippen LogP contribution in [0.2, 0.25) is 0 Å². The highest BCUT2D eigenvalue weighted by Gasteiger charge is 2.19. The van der Waals surface area contributed by atoms with Crippen LogP contribution in [-0.4, -0.2) is 15.1 Å². The summed E-state index contributed by atoms with van der Waals surface area (Å²) < 4.78 is 1.23. The zero-order chi connectivity index (χ0) is 17.9. The Labute approximate surface area is 155 Å². The first-order chi connectivity index (χ1) is 12.8. The van der Waals surface area contributed by atoms with Crippen molar-refractivity contribution in [3.63, 3.8) is 0 Å². The molecule has 128 valence electrons. The molecule has 4 aromatic rings. The Balaban J connectivity index is 1.75. The fraction of sp³-hybridized carbons (Fsp3) is 0.0455. The largest absolute Gasteiger partial charge is 0.428 e. The fourth-order valence-electron chi connectivity index (χ4n) is 3.12. The lowest BCUT2D eigenvalue weighted by Crippen LogP contribution is -1.97. The van der Waals surface area contributed by atoms with Gasteiger partial charge < -0.3 is 5.21 Å². The lowest BCUT2D eigenvalue weighted by molar-refractivity contribution is 0.108. The molecule has 0 fully saturated rings. The number of hydrogen-bond acceptors (Lipinski definition) is 3. The topological polar surface area (TPSA) is 42.2 Å². The third kappa shape index (κ3) is 3.00. The van der Waals surface area contributed by atoms with Crippen molar-refractivity contribution in [1.82, 2.24) is 4.73 Å². The summed E-state index contributed by atoms with van der Waals surface area (Å²) in [6, 6.07) is 26.7. The maximum Gasteiger partial charge on any atom is 0.219 e. The van der Waals surface area contributed by atoms with Crippen LogP contribution >= 0.6 is 11.8 Å². The number of rotatable bonds is 4. The molecule has 1 aromatic heterocycles. The number of fused-ring (bicyclic) bond motifs is 1. The van der Waals surface area contributed by atoms with Gasteiger partial charge in [0, 0.05) is 22.3 Å². The molecule has 0 amide bonds. The van der Waals surface area contributed by atoms with Gasteiger partial charge in [0.25, 0.3) is 0 Å². The standard InChI is InChI=1S/C22H17NO2S/c24-22(17-11-5-2-6-12-17)26-15-19-18-13-7-8-14-20(18)23(25)21(19)16-9-3-1-4-10-16/h1-14,25H,15H2. The Hall–Kier alpha value is -2.98. The molecule has 0 atom stereocenters. The Morgan fingerprint density at radius 2 is 1.46 bits per heavy atom. The molecule has 0 bridgehead atoms. The summed E-state index contributed by atoms with van der Waals surface area (Å²) in [6.45, 7) is 0. The van der Waals surface area contributed by atoms with E-state index in [1.807, 2.05) is 84.9 Å². The van der Waals surface area contributed by atoms with Gasteiger partial charge in [0.15, 0.2) is 0 Å². The molecule has 1 N–H and O–H groups in total. The van der Waals surface area contributed by atoms with Gasteiger partial charge in [-0.05, 0) is 11.6 Å². The van der Waals surface area contributed by atoms with Crippen molar-refractivity contribution in [2.24, 2.45) is 0 Å². The van der Waals surface area contributed by atoms with E-state index in [1.165, 1.54) is 16.5 Å². The molecule has 3 aromatic carbocycles. The smallest absolute Gasteiger partial charge is 0.219 e. The average Bonchev–Trinajstić information content (AvgIpc) is 2.99. The van der Waals surface area contributed by atoms with E-state index in [2.05, 4.69) is 0 Å². The van der Waals surface area contributed by atoms with E-state index in [0.717, 1.165) is 27.7 Å². The van der Waals surface area contributed by atoms with E-state index in [-0.39, 0.29) is 5.12 Å². The molecule has 0 saturated heterocycles. The van der Waals surface area contributed by atoms with Gasteiger partial charge in [0.1, 0.15) is 0 Å². The van der Waals surface area contributed by atoms with Gasteiger partial charge in [-0.3, -0.25) is 4.79 Å². The van der Waals surface area contributed by atoms with Crippen LogP contribution in [0.25, 0.3) is 22.2 Å². The number of hydrogen-bond donors (Lipinski definition) is 1. The number of carbonyl (C=O) groups excluding carboxylic acids is 1. The quantitative estimate of drug-likeness (QED) is 0.481. The van der Waals surface area contributed by atoms with Crippen LogP contribution in [0.1, 0.15) is 15.9 Å². The van der Waals surface area contributed by atoms with Crippen molar-refractivity contribution in [3.8, 4) is 11.3 Å². The second-order valence-electron chi connectivity index (χ2n) is 5.96. The predicted molar refractivity (Wildman–Crippen MR) is 107 cm³/mol. The lowest BCUT2D eigenvalue weighted by atomic mass is 10.1. The van der Waals surface area contributed by atoms with Crippen LogP contribution in [0, 0.1) is 0 Å². The van der Waals surface area contributed by atoms with Gasteiger partial charge in [0.05, 0.1) is 11.2 Å². The summed E-state index contributed by atoms with van der Waals surface area (Å²) in [5.41, 5.74) is 4.05. The van der Waals surface area contributed by atoms with E-state index in [9.17, 15) is 10.0 Å². The van der Waals surface area contributed by atoms with Crippen molar-refractivity contribution in [2.75, 3.05) is 0 Å². The molecule has 26 heavy (non-hydrogen) atoms. The number of carbonyl (C=O) groups is 1. The number of nitrogens with zero attached hydrogens (tertiary/aromatic N) is 1. The highest BCUT2D eigenvalue weighted by Crippen LogP contribution is 2.35. The Morgan fingerprint density at radius 1 is 0.846 bits per heavy atom. The van der Waals surface area contributed by atoms with Crippen molar-refractivity contribution in [3.05, 3.63) is 96.1 Å². The predicted octanol–water partition coefficient (Wildman–Crippen LogP) is 5.62. The lowest BCUT2D eigenvalue weighted by Gasteiger charge is -2.07. The fourth-order valence-corrected chi connectivity index (χ4v) is 3.99. The third-order valence-electron chi connectivity index (χ3n) is 4.36. The number of para-hydroxylation sites is 1. The average molecular weight is 359 g/mol. The van der Waals surface area contributed by atoms with Crippen molar-refractivity contribution < 1.29 is 10.0 Å². The summed E-state index contributed by atoms with van der Waals surface area (Å²) in [4.78, 5) is 12.5. The van der Waals surface area contributed by atoms with Crippen LogP contribution in [-0.2, 0) is 5.75 Å². The summed E-state index contributed by atoms with van der Waals surface area (Å²) in [5.74, 6) is 0.492. The first kappa shape index (κ1) is 16.5. The molecule has 0 radical (unpaired) electrons. The van der Waals surface area contributed by atoms with Gasteiger partial charge in [-0.1, -0.05) is 90.6 Å². The first-order valence-corrected chi connectivity index (χ1v) is 9.33. The van der Waals surface area contributed by atoms with E-state index >= 15 is 0 Å². The molecular weight excluding hydrogens is 342 g/mol. The molecular formula is C22H17NO2S. The highest BCUT2D eigenvalue weighted by molar-refractivity contribution is 8.13. The van der Waals surface area contributed by atoms with E-state index in [4.69, 9.17) is 0 Å². The number of thioether (sulfide) groups is 1. The SMILES string of the molecule is O=C(SCc1c(-c2ccccc2)n(O)c2ccccc12)c1ccccc1. The third-order valence-corrected chi connectivity index (χ3v) is 5.29. The minimum Gasteiger partial charge on any atom is -0.428 e. The van der Waals surface area contributed by atoms with Crippen molar-refractivity contribution >= 4 is 27.8 Å². The van der Waals surface area contributed by atoms with Crippen molar-refractivity contribution in [2.45, 2.75) is 5.75 Å². The Bertz CT molecular complexity index is 1060. The van der Waals surface area contributed by atoms with E-state index in [1.54, 1.807) is 0 Å². The summed E-state index contributed by atoms with van der Waals surface area (Å²) in [5, 5.41) is 11.7. The van der Waals surface area contributed by atoms with Crippen LogP contribution in [0.4, 0.5) is 0 Å². The zero-order valence-corrected chi connectivity index (χ0v) is 14.8. The van der Waals surface area contributed by atoms with Crippen LogP contribution < -0.4 is 0 Å². The van der Waals surface area contributed by atoms with Crippen LogP contribution in [0.5, 0.6) is 0 Å². The van der Waals surface area contributed by atoms with Gasteiger partial charge >= 0.3 is 0 Å². The molecule has 0 saturated carbocycles. The van der Waals surface area contributed by atoms with Gasteiger partial charge in [-0.2, -0.15) is 4.73 Å². The monoisotopic (exact) mass is 359 g/mol. The summed E-state index contributed by atoms with van der Waals surface area (Å²) >= 11 is 1.26. The summed E-state index contributed by atoms with van der Waals surface area (Å²) in [6.07, 6.45) is 0. The molecule has 4 heteroatoms. The molecule has 0 unspecified atom stereocenters. The maximum absolute atomic E-state index is 12.5.